The van der Waals surface area contributed by atoms with Crippen molar-refractivity contribution < 1.29 is 19.4 Å². The lowest BCUT2D eigenvalue weighted by molar-refractivity contribution is -0.220. The molecule has 3 unspecified atom stereocenters. The average Bonchev–Trinajstić information content (AvgIpc) is 2.79. The second-order valence-corrected chi connectivity index (χ2v) is 6.40. The Morgan fingerprint density at radius 2 is 2.35 bits per heavy atom. The van der Waals surface area contributed by atoms with Crippen LogP contribution in [0.5, 0.6) is 0 Å². The van der Waals surface area contributed by atoms with E-state index in [2.05, 4.69) is 6.58 Å². The van der Waals surface area contributed by atoms with Crippen LogP contribution in [0.2, 0.25) is 0 Å². The van der Waals surface area contributed by atoms with E-state index in [0.29, 0.717) is 17.4 Å². The van der Waals surface area contributed by atoms with Crippen LogP contribution in [0, 0.1) is 17.3 Å². The highest BCUT2D eigenvalue weighted by Crippen LogP contribution is 2.68. The fourth-order valence-electron chi connectivity index (χ4n) is 4.48. The molecular formula is C16H22O4. The van der Waals surface area contributed by atoms with E-state index in [1.807, 2.05) is 0 Å². The third-order valence-corrected chi connectivity index (χ3v) is 5.52. The highest BCUT2D eigenvalue weighted by Gasteiger charge is 2.66. The van der Waals surface area contributed by atoms with Crippen molar-refractivity contribution >= 4 is 5.97 Å². The van der Waals surface area contributed by atoms with Crippen LogP contribution < -0.4 is 0 Å². The molecule has 1 aliphatic heterocycles. The third kappa shape index (κ3) is 1.78. The van der Waals surface area contributed by atoms with Gasteiger partial charge in [0, 0.05) is 18.1 Å². The average molecular weight is 278 g/mol. The first-order valence-electron chi connectivity index (χ1n) is 7.26. The maximum absolute atomic E-state index is 11.0. The van der Waals surface area contributed by atoms with Crippen molar-refractivity contribution in [2.75, 3.05) is 7.11 Å². The summed E-state index contributed by atoms with van der Waals surface area (Å²) in [6.45, 7) is 5.82. The zero-order chi connectivity index (χ0) is 14.5. The Hall–Kier alpha value is -1.13. The van der Waals surface area contributed by atoms with Crippen molar-refractivity contribution in [1.82, 2.24) is 0 Å². The third-order valence-electron chi connectivity index (χ3n) is 5.52. The van der Waals surface area contributed by atoms with Crippen molar-refractivity contribution in [3.8, 4) is 0 Å². The second-order valence-electron chi connectivity index (χ2n) is 6.40. The van der Waals surface area contributed by atoms with Crippen LogP contribution in [0.15, 0.2) is 23.8 Å². The number of fused-ring (bicyclic) bond motifs is 2. The van der Waals surface area contributed by atoms with Crippen molar-refractivity contribution in [3.05, 3.63) is 23.8 Å². The molecule has 1 heterocycles. The van der Waals surface area contributed by atoms with E-state index in [4.69, 9.17) is 14.6 Å². The van der Waals surface area contributed by atoms with Crippen LogP contribution in [0.3, 0.4) is 0 Å². The van der Waals surface area contributed by atoms with Gasteiger partial charge in [-0.3, -0.25) is 0 Å². The van der Waals surface area contributed by atoms with E-state index in [1.54, 1.807) is 20.1 Å². The Morgan fingerprint density at radius 1 is 1.60 bits per heavy atom. The van der Waals surface area contributed by atoms with Gasteiger partial charge >= 0.3 is 5.97 Å². The van der Waals surface area contributed by atoms with Crippen LogP contribution in [-0.2, 0) is 14.3 Å². The van der Waals surface area contributed by atoms with Crippen molar-refractivity contribution in [2.24, 2.45) is 17.3 Å². The summed E-state index contributed by atoms with van der Waals surface area (Å²) in [5, 5.41) is 9.00. The van der Waals surface area contributed by atoms with Crippen molar-refractivity contribution in [2.45, 2.75) is 45.0 Å². The molecule has 1 saturated heterocycles. The first-order chi connectivity index (χ1) is 9.49. The Kier molecular flexibility index (Phi) is 3.26. The molecule has 3 aliphatic carbocycles. The van der Waals surface area contributed by atoms with Crippen molar-refractivity contribution in [1.29, 1.82) is 0 Å². The van der Waals surface area contributed by atoms with E-state index in [1.165, 1.54) is 12.0 Å². The van der Waals surface area contributed by atoms with E-state index in [-0.39, 0.29) is 17.8 Å². The fourth-order valence-corrected chi connectivity index (χ4v) is 4.48. The Morgan fingerprint density at radius 3 is 2.90 bits per heavy atom. The summed E-state index contributed by atoms with van der Waals surface area (Å²) in [4.78, 5) is 11.0. The topological polar surface area (TPSA) is 55.8 Å². The minimum Gasteiger partial charge on any atom is -0.478 e. The summed E-state index contributed by atoms with van der Waals surface area (Å²) in [5.41, 5.74) is 1.69. The molecule has 0 aromatic rings. The van der Waals surface area contributed by atoms with Gasteiger partial charge in [0.1, 0.15) is 0 Å². The molecule has 110 valence electrons. The molecule has 5 atom stereocenters. The molecule has 1 spiro atoms. The van der Waals surface area contributed by atoms with Gasteiger partial charge in [-0.1, -0.05) is 12.2 Å². The summed E-state index contributed by atoms with van der Waals surface area (Å²) < 4.78 is 11.6. The summed E-state index contributed by atoms with van der Waals surface area (Å²) in [7, 11) is 1.68. The smallest absolute Gasteiger partial charge is 0.331 e. The molecule has 20 heavy (non-hydrogen) atoms. The number of allylic oxidation sites excluding steroid dienone is 1. The van der Waals surface area contributed by atoms with Crippen LogP contribution in [-0.4, -0.2) is 30.6 Å². The predicted molar refractivity (Wildman–Crippen MR) is 74.1 cm³/mol. The molecule has 2 bridgehead atoms. The van der Waals surface area contributed by atoms with Gasteiger partial charge in [-0.2, -0.15) is 0 Å². The fraction of sp³-hybridized carbons (Fsp3) is 0.688. The molecule has 0 radical (unpaired) electrons. The highest BCUT2D eigenvalue weighted by atomic mass is 16.7. The van der Waals surface area contributed by atoms with Gasteiger partial charge in [0.15, 0.2) is 6.29 Å². The summed E-state index contributed by atoms with van der Waals surface area (Å²) in [6.07, 6.45) is 5.65. The monoisotopic (exact) mass is 278 g/mol. The molecule has 0 amide bonds. The standard InChI is InChI=1S/C16H22O4/c1-9-4-5-11-7-13(9)16(11)8-12(20-15(16)19-3)6-10(2)14(17)18/h6,11-13,15H,1,4-5,7-8H2,2-3H3,(H,17,18)/t11?,12-,13?,15-,16?/m1/s1. The lowest BCUT2D eigenvalue weighted by Gasteiger charge is -2.60. The zero-order valence-corrected chi connectivity index (χ0v) is 12.1. The van der Waals surface area contributed by atoms with E-state index in [9.17, 15) is 4.79 Å². The van der Waals surface area contributed by atoms with Crippen molar-refractivity contribution in [3.63, 3.8) is 0 Å². The van der Waals surface area contributed by atoms with E-state index >= 15 is 0 Å². The molecule has 1 N–H and O–H groups in total. The van der Waals surface area contributed by atoms with Crippen LogP contribution in [0.25, 0.3) is 0 Å². The molecule has 0 aromatic heterocycles. The molecule has 4 heteroatoms. The summed E-state index contributed by atoms with van der Waals surface area (Å²) in [5.74, 6) is 0.225. The molecule has 4 nitrogen and oxygen atoms in total. The minimum absolute atomic E-state index is 0.0318. The van der Waals surface area contributed by atoms with Gasteiger partial charge in [-0.05, 0) is 50.5 Å². The van der Waals surface area contributed by atoms with Crippen LogP contribution in [0.4, 0.5) is 0 Å². The van der Waals surface area contributed by atoms with E-state index in [0.717, 1.165) is 19.3 Å². The summed E-state index contributed by atoms with van der Waals surface area (Å²) in [6, 6.07) is 0. The Labute approximate surface area is 119 Å². The molecule has 4 rings (SSSR count). The summed E-state index contributed by atoms with van der Waals surface area (Å²) >= 11 is 0. The lowest BCUT2D eigenvalue weighted by atomic mass is 9.44. The van der Waals surface area contributed by atoms with Crippen LogP contribution in [0.1, 0.15) is 32.6 Å². The Bertz CT molecular complexity index is 479. The predicted octanol–water partition coefficient (Wildman–Crippen LogP) is 2.75. The minimum atomic E-state index is -0.887. The molecule has 0 aromatic carbocycles. The normalized spacial score (nSPS) is 43.7. The van der Waals surface area contributed by atoms with Crippen LogP contribution >= 0.6 is 0 Å². The highest BCUT2D eigenvalue weighted by molar-refractivity contribution is 5.85. The molecule has 4 aliphatic rings. The zero-order valence-electron chi connectivity index (χ0n) is 12.1. The maximum Gasteiger partial charge on any atom is 0.331 e. The van der Waals surface area contributed by atoms with Gasteiger partial charge in [0.25, 0.3) is 0 Å². The number of hydrogen-bond donors (Lipinski definition) is 1. The number of methoxy groups -OCH3 is 1. The number of ether oxygens (including phenoxy) is 2. The van der Waals surface area contributed by atoms with Gasteiger partial charge < -0.3 is 14.6 Å². The Balaban J connectivity index is 1.85. The quantitative estimate of drug-likeness (QED) is 0.637. The van der Waals surface area contributed by atoms with Gasteiger partial charge in [-0.15, -0.1) is 0 Å². The largest absolute Gasteiger partial charge is 0.478 e. The first kappa shape index (κ1) is 13.8. The lowest BCUT2D eigenvalue weighted by Crippen LogP contribution is -2.57. The molecular weight excluding hydrogens is 256 g/mol. The van der Waals surface area contributed by atoms with Gasteiger partial charge in [-0.25, -0.2) is 4.79 Å². The number of carboxylic acids is 1. The molecule has 4 fully saturated rings. The van der Waals surface area contributed by atoms with E-state index < -0.39 is 5.97 Å². The number of carboxylic acid groups (broad SMARTS) is 1. The first-order valence-corrected chi connectivity index (χ1v) is 7.26. The SMILES string of the molecule is C=C1CCC2CC1C21C[C@@H](C=C(C)C(=O)O)O[C@H]1OC. The number of carbonyl (C=O) groups is 1. The number of hydrogen-bond acceptors (Lipinski definition) is 3. The maximum atomic E-state index is 11.0. The van der Waals surface area contributed by atoms with Gasteiger partial charge in [0.05, 0.1) is 6.10 Å². The van der Waals surface area contributed by atoms with Gasteiger partial charge in [0.2, 0.25) is 0 Å². The number of rotatable bonds is 3. The molecule has 3 saturated carbocycles. The number of aliphatic carboxylic acids is 1. The second kappa shape index (κ2) is 4.71.